The third kappa shape index (κ3) is 2.70. The Balaban J connectivity index is 1.95. The number of amides is 1. The quantitative estimate of drug-likeness (QED) is 0.547. The van der Waals surface area contributed by atoms with Crippen molar-refractivity contribution in [3.8, 4) is 0 Å². The van der Waals surface area contributed by atoms with Crippen LogP contribution in [0.3, 0.4) is 0 Å². The molecule has 1 fully saturated rings. The second-order valence-electron chi connectivity index (χ2n) is 7.81. The molecule has 1 saturated carbocycles. The number of carbonyl (C=O) groups is 1. The molecule has 6 nitrogen and oxygen atoms in total. The summed E-state index contributed by atoms with van der Waals surface area (Å²) in [6.45, 7) is 3.88. The van der Waals surface area contributed by atoms with Crippen molar-refractivity contribution in [2.75, 3.05) is 12.8 Å². The Morgan fingerprint density at radius 1 is 1.35 bits per heavy atom. The van der Waals surface area contributed by atoms with Crippen molar-refractivity contribution in [2.24, 2.45) is 11.8 Å². The van der Waals surface area contributed by atoms with E-state index < -0.39 is 12.8 Å². The van der Waals surface area contributed by atoms with Gasteiger partial charge in [0.25, 0.3) is 5.91 Å². The summed E-state index contributed by atoms with van der Waals surface area (Å²) < 4.78 is 12.3. The molecule has 3 rings (SSSR count). The minimum Gasteiger partial charge on any atom is -0.398 e. The number of nitrogens with two attached hydrogens (primary N) is 1. The van der Waals surface area contributed by atoms with E-state index in [1.807, 2.05) is 26.0 Å². The molecule has 0 saturated heterocycles. The maximum atomic E-state index is 12.7. The zero-order valence-electron chi connectivity index (χ0n) is 15.7. The average molecular weight is 380 g/mol. The second-order valence-corrected chi connectivity index (χ2v) is 9.79. The van der Waals surface area contributed by atoms with Crippen LogP contribution in [0.25, 0.3) is 0 Å². The van der Waals surface area contributed by atoms with Crippen LogP contribution in [-0.2, 0) is 4.57 Å². The van der Waals surface area contributed by atoms with Gasteiger partial charge in [0.15, 0.2) is 0 Å². The van der Waals surface area contributed by atoms with Crippen molar-refractivity contribution in [2.45, 2.75) is 57.1 Å². The zero-order chi connectivity index (χ0) is 19.3. The Morgan fingerprint density at radius 3 is 2.62 bits per heavy atom. The summed E-state index contributed by atoms with van der Waals surface area (Å²) in [5.74, 6) is 0.0716. The molecule has 1 aromatic rings. The van der Waals surface area contributed by atoms with Gasteiger partial charge < -0.3 is 20.4 Å². The standard InChI is InChI=1S/C19H29N2O4P/c1-4-13-11-12(9-10-19(13,5-2)26(23,24)25)17-14-7-6-8-15(20)16(14)18(22)21(17)3/h6-8,12-13,17H,4-5,9-11,20H2,1-3H3,(H2,23,24,25). The maximum absolute atomic E-state index is 12.7. The maximum Gasteiger partial charge on any atom is 0.331 e. The summed E-state index contributed by atoms with van der Waals surface area (Å²) in [5, 5.41) is -0.933. The summed E-state index contributed by atoms with van der Waals surface area (Å²) in [6, 6.07) is 5.52. The molecule has 0 bridgehead atoms. The number of nitrogens with zero attached hydrogens (tertiary/aromatic N) is 1. The van der Waals surface area contributed by atoms with Gasteiger partial charge in [0.2, 0.25) is 0 Å². The van der Waals surface area contributed by atoms with Gasteiger partial charge in [-0.1, -0.05) is 32.4 Å². The molecule has 7 heteroatoms. The fraction of sp³-hybridized carbons (Fsp3) is 0.632. The molecule has 2 aliphatic rings. The molecular formula is C19H29N2O4P. The molecule has 1 aliphatic heterocycles. The third-order valence-electron chi connectivity index (χ3n) is 6.83. The number of rotatable bonds is 4. The van der Waals surface area contributed by atoms with E-state index in [0.717, 1.165) is 12.0 Å². The van der Waals surface area contributed by atoms with Gasteiger partial charge >= 0.3 is 7.60 Å². The van der Waals surface area contributed by atoms with Gasteiger partial charge in [-0.05, 0) is 49.1 Å². The first-order valence-electron chi connectivity index (χ1n) is 9.39. The Morgan fingerprint density at radius 2 is 2.04 bits per heavy atom. The smallest absolute Gasteiger partial charge is 0.331 e. The van der Waals surface area contributed by atoms with Gasteiger partial charge in [-0.3, -0.25) is 9.36 Å². The van der Waals surface area contributed by atoms with Gasteiger partial charge in [-0.15, -0.1) is 0 Å². The van der Waals surface area contributed by atoms with Crippen molar-refractivity contribution in [3.63, 3.8) is 0 Å². The lowest BCUT2D eigenvalue weighted by molar-refractivity contribution is 0.0622. The van der Waals surface area contributed by atoms with Crippen LogP contribution < -0.4 is 5.73 Å². The highest BCUT2D eigenvalue weighted by Gasteiger charge is 2.55. The zero-order valence-corrected chi connectivity index (χ0v) is 16.6. The van der Waals surface area contributed by atoms with Crippen molar-refractivity contribution in [1.82, 2.24) is 4.90 Å². The number of fused-ring (bicyclic) bond motifs is 1. The molecule has 1 aromatic carbocycles. The van der Waals surface area contributed by atoms with Gasteiger partial charge in [0, 0.05) is 12.7 Å². The van der Waals surface area contributed by atoms with E-state index in [2.05, 4.69) is 0 Å². The van der Waals surface area contributed by atoms with Crippen LogP contribution in [0.1, 0.15) is 67.9 Å². The highest BCUT2D eigenvalue weighted by molar-refractivity contribution is 7.53. The number of hydrogen-bond donors (Lipinski definition) is 3. The number of carbonyl (C=O) groups excluding carboxylic acids is 1. The van der Waals surface area contributed by atoms with E-state index in [9.17, 15) is 19.1 Å². The molecule has 1 amide bonds. The minimum atomic E-state index is -4.20. The second kappa shape index (κ2) is 6.66. The fourth-order valence-electron chi connectivity index (χ4n) is 5.39. The summed E-state index contributed by atoms with van der Waals surface area (Å²) in [6.07, 6.45) is 3.11. The lowest BCUT2D eigenvalue weighted by Crippen LogP contribution is -2.44. The van der Waals surface area contributed by atoms with Crippen LogP contribution in [0.2, 0.25) is 0 Å². The fourth-order valence-corrected chi connectivity index (χ4v) is 6.99. The predicted octanol–water partition coefficient (Wildman–Crippen LogP) is 3.55. The largest absolute Gasteiger partial charge is 0.398 e. The molecule has 1 aliphatic carbocycles. The van der Waals surface area contributed by atoms with Crippen molar-refractivity contribution < 1.29 is 19.1 Å². The minimum absolute atomic E-state index is 0.0549. The van der Waals surface area contributed by atoms with Gasteiger partial charge in [0.1, 0.15) is 0 Å². The van der Waals surface area contributed by atoms with E-state index in [-0.39, 0.29) is 23.8 Å². The van der Waals surface area contributed by atoms with Crippen molar-refractivity contribution >= 4 is 19.2 Å². The molecule has 0 aromatic heterocycles. The van der Waals surface area contributed by atoms with E-state index in [0.29, 0.717) is 36.9 Å². The van der Waals surface area contributed by atoms with Crippen LogP contribution in [0.15, 0.2) is 18.2 Å². The molecule has 1 heterocycles. The molecular weight excluding hydrogens is 351 g/mol. The van der Waals surface area contributed by atoms with Crippen molar-refractivity contribution in [1.29, 1.82) is 0 Å². The highest BCUT2D eigenvalue weighted by Crippen LogP contribution is 2.64. The van der Waals surface area contributed by atoms with E-state index in [1.165, 1.54) is 0 Å². The van der Waals surface area contributed by atoms with Crippen LogP contribution >= 0.6 is 7.60 Å². The molecule has 4 N–H and O–H groups in total. The first-order chi connectivity index (χ1) is 12.2. The van der Waals surface area contributed by atoms with Gasteiger partial charge in [0.05, 0.1) is 16.8 Å². The van der Waals surface area contributed by atoms with Crippen LogP contribution in [0.5, 0.6) is 0 Å². The Hall–Kier alpha value is -1.36. The van der Waals surface area contributed by atoms with Gasteiger partial charge in [-0.25, -0.2) is 0 Å². The predicted molar refractivity (Wildman–Crippen MR) is 102 cm³/mol. The molecule has 0 spiro atoms. The van der Waals surface area contributed by atoms with Crippen LogP contribution in [-0.4, -0.2) is 32.8 Å². The van der Waals surface area contributed by atoms with E-state index in [1.54, 1.807) is 18.0 Å². The van der Waals surface area contributed by atoms with Crippen LogP contribution in [0, 0.1) is 11.8 Å². The molecule has 4 unspecified atom stereocenters. The number of nitrogen functional groups attached to an aromatic ring is 1. The van der Waals surface area contributed by atoms with E-state index >= 15 is 0 Å². The molecule has 144 valence electrons. The first kappa shape index (κ1) is 19.4. The summed E-state index contributed by atoms with van der Waals surface area (Å²) >= 11 is 0. The number of hydrogen-bond acceptors (Lipinski definition) is 3. The first-order valence-corrected chi connectivity index (χ1v) is 11.0. The monoisotopic (exact) mass is 380 g/mol. The SMILES string of the molecule is CCC1CC(C2c3cccc(N)c3C(=O)N2C)CCC1(CC)P(=O)(O)O. The lowest BCUT2D eigenvalue weighted by atomic mass is 9.68. The molecule has 0 radical (unpaired) electrons. The Bertz CT molecular complexity index is 762. The Kier molecular flexibility index (Phi) is 4.97. The Labute approximate surface area is 154 Å². The topological polar surface area (TPSA) is 104 Å². The summed E-state index contributed by atoms with van der Waals surface area (Å²) in [4.78, 5) is 34.6. The van der Waals surface area contributed by atoms with E-state index in [4.69, 9.17) is 5.73 Å². The highest BCUT2D eigenvalue weighted by atomic mass is 31.2. The third-order valence-corrected chi connectivity index (χ3v) is 8.89. The van der Waals surface area contributed by atoms with Crippen molar-refractivity contribution in [3.05, 3.63) is 29.3 Å². The summed E-state index contributed by atoms with van der Waals surface area (Å²) in [5.41, 5.74) is 8.09. The lowest BCUT2D eigenvalue weighted by Gasteiger charge is -2.48. The normalized spacial score (nSPS) is 32.0. The number of anilines is 1. The molecule has 4 atom stereocenters. The summed E-state index contributed by atoms with van der Waals surface area (Å²) in [7, 11) is -2.40. The van der Waals surface area contributed by atoms with Gasteiger partial charge in [-0.2, -0.15) is 0 Å². The van der Waals surface area contributed by atoms with Crippen LogP contribution in [0.4, 0.5) is 5.69 Å². The molecule has 26 heavy (non-hydrogen) atoms. The average Bonchev–Trinajstić information content (AvgIpc) is 2.85. The number of benzene rings is 1.